The summed E-state index contributed by atoms with van der Waals surface area (Å²) in [6.45, 7) is 9.85. The Hall–Kier alpha value is -0.900. The molecule has 1 N–H and O–H groups in total. The van der Waals surface area contributed by atoms with Crippen LogP contribution in [0.3, 0.4) is 0 Å². The Labute approximate surface area is 128 Å². The molecule has 0 spiro atoms. The Bertz CT molecular complexity index is 470. The molecule has 3 heteroatoms. The molecule has 1 saturated heterocycles. The first-order chi connectivity index (χ1) is 10.3. The molecule has 0 saturated carbocycles. The lowest BCUT2D eigenvalue weighted by Gasteiger charge is -2.44. The van der Waals surface area contributed by atoms with Gasteiger partial charge < -0.3 is 10.1 Å². The molecule has 3 rings (SSSR count). The first kappa shape index (κ1) is 15.0. The molecule has 3 nitrogen and oxygen atoms in total. The maximum atomic E-state index is 6.08. The van der Waals surface area contributed by atoms with E-state index in [0.717, 1.165) is 39.2 Å². The van der Waals surface area contributed by atoms with Crippen LogP contribution in [0.15, 0.2) is 24.3 Å². The highest BCUT2D eigenvalue weighted by molar-refractivity contribution is 5.31. The van der Waals surface area contributed by atoms with Gasteiger partial charge in [0, 0.05) is 31.7 Å². The molecule has 0 radical (unpaired) electrons. The van der Waals surface area contributed by atoms with Crippen LogP contribution in [0.1, 0.15) is 43.9 Å². The van der Waals surface area contributed by atoms with Crippen LogP contribution in [-0.2, 0) is 11.2 Å². The smallest absolute Gasteiger partial charge is 0.0954 e. The summed E-state index contributed by atoms with van der Waals surface area (Å²) < 4.78 is 6.08. The summed E-state index contributed by atoms with van der Waals surface area (Å²) >= 11 is 0. The number of fused-ring (bicyclic) bond motifs is 1. The summed E-state index contributed by atoms with van der Waals surface area (Å²) in [5, 5.41) is 3.74. The maximum absolute atomic E-state index is 6.08. The van der Waals surface area contributed by atoms with Crippen LogP contribution >= 0.6 is 0 Å². The molecule has 21 heavy (non-hydrogen) atoms. The van der Waals surface area contributed by atoms with Crippen molar-refractivity contribution in [3.63, 3.8) is 0 Å². The van der Waals surface area contributed by atoms with Gasteiger partial charge in [-0.3, -0.25) is 4.90 Å². The van der Waals surface area contributed by atoms with E-state index in [1.165, 1.54) is 24.0 Å². The molecule has 1 aromatic rings. The Balaban J connectivity index is 1.70. The normalized spacial score (nSPS) is 25.5. The van der Waals surface area contributed by atoms with Crippen LogP contribution in [0, 0.1) is 0 Å². The van der Waals surface area contributed by atoms with Crippen molar-refractivity contribution in [3.8, 4) is 0 Å². The van der Waals surface area contributed by atoms with E-state index in [2.05, 4.69) is 48.3 Å². The largest absolute Gasteiger partial charge is 0.372 e. The molecular weight excluding hydrogens is 260 g/mol. The molecule has 0 aromatic heterocycles. The molecule has 1 atom stereocenters. The quantitative estimate of drug-likeness (QED) is 0.922. The lowest BCUT2D eigenvalue weighted by molar-refractivity contribution is 0.00124. The lowest BCUT2D eigenvalue weighted by atomic mass is 9.89. The van der Waals surface area contributed by atoms with Crippen molar-refractivity contribution in [1.82, 2.24) is 10.2 Å². The molecule has 0 aliphatic carbocycles. The van der Waals surface area contributed by atoms with Crippen molar-refractivity contribution in [3.05, 3.63) is 35.4 Å². The molecule has 1 aromatic carbocycles. The molecule has 1 unspecified atom stereocenters. The number of nitrogens with zero attached hydrogens (tertiary/aromatic N) is 1. The molecule has 2 aliphatic heterocycles. The zero-order chi connectivity index (χ0) is 14.7. The van der Waals surface area contributed by atoms with E-state index in [1.54, 1.807) is 0 Å². The fourth-order valence-electron chi connectivity index (χ4n) is 3.78. The van der Waals surface area contributed by atoms with Crippen LogP contribution in [0.5, 0.6) is 0 Å². The van der Waals surface area contributed by atoms with Crippen LogP contribution in [-0.4, -0.2) is 43.2 Å². The maximum Gasteiger partial charge on any atom is 0.0954 e. The minimum atomic E-state index is 0.250. The predicted molar refractivity (Wildman–Crippen MR) is 86.6 cm³/mol. The summed E-state index contributed by atoms with van der Waals surface area (Å²) in [6, 6.07) is 8.78. The molecule has 116 valence electrons. The van der Waals surface area contributed by atoms with E-state index in [9.17, 15) is 0 Å². The topological polar surface area (TPSA) is 24.5 Å². The minimum absolute atomic E-state index is 0.250. The lowest BCUT2D eigenvalue weighted by Crippen LogP contribution is -2.60. The summed E-state index contributed by atoms with van der Waals surface area (Å²) in [7, 11) is 0. The third kappa shape index (κ3) is 3.15. The van der Waals surface area contributed by atoms with Gasteiger partial charge in [0.1, 0.15) is 0 Å². The Kier molecular flexibility index (Phi) is 4.63. The summed E-state index contributed by atoms with van der Waals surface area (Å²) in [5.74, 6) is 0. The zero-order valence-electron chi connectivity index (χ0n) is 13.4. The number of nitrogens with one attached hydrogen (secondary N) is 1. The van der Waals surface area contributed by atoms with Crippen LogP contribution < -0.4 is 5.32 Å². The van der Waals surface area contributed by atoms with E-state index in [1.807, 2.05) is 0 Å². The molecule has 0 amide bonds. The van der Waals surface area contributed by atoms with Crippen molar-refractivity contribution in [2.24, 2.45) is 0 Å². The van der Waals surface area contributed by atoms with Gasteiger partial charge in [-0.05, 0) is 30.4 Å². The number of hydrogen-bond donors (Lipinski definition) is 1. The average Bonchev–Trinajstić information content (AvgIpc) is 2.55. The molecule has 1 fully saturated rings. The van der Waals surface area contributed by atoms with Gasteiger partial charge in [0.05, 0.1) is 12.7 Å². The van der Waals surface area contributed by atoms with Gasteiger partial charge in [0.25, 0.3) is 0 Å². The summed E-state index contributed by atoms with van der Waals surface area (Å²) in [6.07, 6.45) is 3.70. The van der Waals surface area contributed by atoms with Crippen molar-refractivity contribution >= 4 is 0 Å². The van der Waals surface area contributed by atoms with Gasteiger partial charge in [0.2, 0.25) is 0 Å². The van der Waals surface area contributed by atoms with E-state index < -0.39 is 0 Å². The number of piperazine rings is 1. The second-order valence-electron chi connectivity index (χ2n) is 6.46. The highest BCUT2D eigenvalue weighted by atomic mass is 16.5. The Morgan fingerprint density at radius 1 is 1.29 bits per heavy atom. The monoisotopic (exact) mass is 288 g/mol. The highest BCUT2D eigenvalue weighted by Crippen LogP contribution is 2.29. The van der Waals surface area contributed by atoms with Crippen molar-refractivity contribution in [2.45, 2.75) is 44.8 Å². The first-order valence-electron chi connectivity index (χ1n) is 8.43. The minimum Gasteiger partial charge on any atom is -0.372 e. The average molecular weight is 288 g/mol. The van der Waals surface area contributed by atoms with Crippen LogP contribution in [0.2, 0.25) is 0 Å². The predicted octanol–water partition coefficient (Wildman–Crippen LogP) is 2.76. The third-order valence-electron chi connectivity index (χ3n) is 5.32. The van der Waals surface area contributed by atoms with E-state index in [-0.39, 0.29) is 6.10 Å². The zero-order valence-corrected chi connectivity index (χ0v) is 13.4. The number of rotatable bonds is 4. The van der Waals surface area contributed by atoms with Crippen molar-refractivity contribution in [1.29, 1.82) is 0 Å². The number of ether oxygens (including phenoxy) is 1. The second kappa shape index (κ2) is 6.47. The highest BCUT2D eigenvalue weighted by Gasteiger charge is 2.33. The number of benzene rings is 1. The number of hydrogen-bond acceptors (Lipinski definition) is 3. The van der Waals surface area contributed by atoms with E-state index in [0.29, 0.717) is 5.54 Å². The fraction of sp³-hybridized carbons (Fsp3) is 0.667. The van der Waals surface area contributed by atoms with Crippen LogP contribution in [0.4, 0.5) is 0 Å². The van der Waals surface area contributed by atoms with Crippen molar-refractivity contribution in [2.75, 3.05) is 32.8 Å². The van der Waals surface area contributed by atoms with Gasteiger partial charge in [-0.1, -0.05) is 38.1 Å². The SMILES string of the molecule is CCC1(CC)CN(CC2OCCc3ccccc32)CCN1. The molecule has 0 bridgehead atoms. The molecule has 2 heterocycles. The van der Waals surface area contributed by atoms with Gasteiger partial charge in [-0.25, -0.2) is 0 Å². The second-order valence-corrected chi connectivity index (χ2v) is 6.46. The fourth-order valence-corrected chi connectivity index (χ4v) is 3.78. The summed E-state index contributed by atoms with van der Waals surface area (Å²) in [5.41, 5.74) is 3.17. The van der Waals surface area contributed by atoms with Crippen molar-refractivity contribution < 1.29 is 4.74 Å². The Morgan fingerprint density at radius 3 is 2.90 bits per heavy atom. The first-order valence-corrected chi connectivity index (χ1v) is 8.43. The standard InChI is InChI=1S/C18H28N2O/c1-3-18(4-2)14-20(11-10-19-18)13-17-16-8-6-5-7-15(16)9-12-21-17/h5-8,17,19H,3-4,9-14H2,1-2H3. The van der Waals surface area contributed by atoms with E-state index in [4.69, 9.17) is 4.74 Å². The third-order valence-corrected chi connectivity index (χ3v) is 5.32. The van der Waals surface area contributed by atoms with Gasteiger partial charge in [-0.2, -0.15) is 0 Å². The Morgan fingerprint density at radius 2 is 2.10 bits per heavy atom. The van der Waals surface area contributed by atoms with Gasteiger partial charge >= 0.3 is 0 Å². The molecule has 2 aliphatic rings. The molecular formula is C18H28N2O. The van der Waals surface area contributed by atoms with Crippen LogP contribution in [0.25, 0.3) is 0 Å². The van der Waals surface area contributed by atoms with Gasteiger partial charge in [0.15, 0.2) is 0 Å². The summed E-state index contributed by atoms with van der Waals surface area (Å²) in [4.78, 5) is 2.59. The van der Waals surface area contributed by atoms with Gasteiger partial charge in [-0.15, -0.1) is 0 Å². The van der Waals surface area contributed by atoms with E-state index >= 15 is 0 Å².